The van der Waals surface area contributed by atoms with Gasteiger partial charge in [0.15, 0.2) is 0 Å². The molecule has 1 aromatic carbocycles. The van der Waals surface area contributed by atoms with E-state index in [1.54, 1.807) is 12.1 Å². The van der Waals surface area contributed by atoms with Crippen LogP contribution in [-0.4, -0.2) is 48.7 Å². The monoisotopic (exact) mass is 364 g/mol. The number of nitriles is 1. The molecule has 2 heterocycles. The van der Waals surface area contributed by atoms with Crippen molar-refractivity contribution in [2.24, 2.45) is 10.9 Å². The molecule has 27 heavy (non-hydrogen) atoms. The first-order valence-corrected chi connectivity index (χ1v) is 9.50. The maximum absolute atomic E-state index is 12.7. The third-order valence-corrected chi connectivity index (χ3v) is 5.84. The van der Waals surface area contributed by atoms with Gasteiger partial charge in [-0.1, -0.05) is 18.9 Å². The van der Waals surface area contributed by atoms with Crippen molar-refractivity contribution in [2.75, 3.05) is 25.6 Å². The molecule has 0 saturated heterocycles. The zero-order valence-corrected chi connectivity index (χ0v) is 15.5. The number of carbonyl (C=O) groups excluding carboxylic acids is 1. The third-order valence-electron chi connectivity index (χ3n) is 5.84. The standard InChI is InChI=1S/C20H24N6O/c1-26-11-24-18(15(19(26)22)10-23-13-4-2-3-5-13)17-14-7-6-12(9-21)8-16(14)25-20(17)27/h6-8,13,15,17,22-23H,2-5,10-11H2,1H3,(H,25,27)/t15-,17?/m1/s1. The SMILES string of the molecule is CN1CN=C(C2C(=O)Nc3cc(C#N)ccc32)[C@@H](CNC2CCCC2)C1=N. The predicted octanol–water partition coefficient (Wildman–Crippen LogP) is 2.06. The summed E-state index contributed by atoms with van der Waals surface area (Å²) in [5.74, 6) is -0.332. The van der Waals surface area contributed by atoms with E-state index >= 15 is 0 Å². The molecule has 7 nitrogen and oxygen atoms in total. The molecule has 2 aliphatic heterocycles. The number of hydrogen-bond donors (Lipinski definition) is 3. The molecule has 2 atom stereocenters. The van der Waals surface area contributed by atoms with Gasteiger partial charge in [-0.15, -0.1) is 0 Å². The Morgan fingerprint density at radius 1 is 1.41 bits per heavy atom. The zero-order valence-electron chi connectivity index (χ0n) is 15.5. The van der Waals surface area contributed by atoms with Gasteiger partial charge < -0.3 is 15.5 Å². The summed E-state index contributed by atoms with van der Waals surface area (Å²) in [5, 5.41) is 24.1. The fourth-order valence-corrected chi connectivity index (χ4v) is 4.31. The minimum atomic E-state index is -0.489. The summed E-state index contributed by atoms with van der Waals surface area (Å²) in [6.07, 6.45) is 4.85. The number of rotatable bonds is 4. The minimum Gasteiger partial charge on any atom is -0.344 e. The quantitative estimate of drug-likeness (QED) is 0.760. The van der Waals surface area contributed by atoms with E-state index in [1.807, 2.05) is 18.0 Å². The van der Waals surface area contributed by atoms with E-state index in [-0.39, 0.29) is 11.8 Å². The van der Waals surface area contributed by atoms with E-state index in [2.05, 4.69) is 16.7 Å². The van der Waals surface area contributed by atoms with Gasteiger partial charge in [0.05, 0.1) is 17.6 Å². The molecule has 7 heteroatoms. The van der Waals surface area contributed by atoms with Gasteiger partial charge in [0.1, 0.15) is 18.4 Å². The summed E-state index contributed by atoms with van der Waals surface area (Å²) in [7, 11) is 1.87. The lowest BCUT2D eigenvalue weighted by atomic mass is 9.85. The number of anilines is 1. The Morgan fingerprint density at radius 3 is 2.93 bits per heavy atom. The number of benzene rings is 1. The Kier molecular flexibility index (Phi) is 4.66. The number of aliphatic imine (C=N–C) groups is 1. The van der Waals surface area contributed by atoms with Crippen LogP contribution in [-0.2, 0) is 4.79 Å². The lowest BCUT2D eigenvalue weighted by Crippen LogP contribution is -2.49. The molecule has 1 aromatic rings. The molecule has 140 valence electrons. The van der Waals surface area contributed by atoms with Gasteiger partial charge in [-0.05, 0) is 30.5 Å². The van der Waals surface area contributed by atoms with Gasteiger partial charge in [0, 0.05) is 31.0 Å². The minimum absolute atomic E-state index is 0.123. The molecule has 0 spiro atoms. The summed E-state index contributed by atoms with van der Waals surface area (Å²) in [6, 6.07) is 7.88. The molecule has 3 N–H and O–H groups in total. The Hall–Kier alpha value is -2.72. The number of carbonyl (C=O) groups is 1. The first-order chi connectivity index (χ1) is 13.1. The number of fused-ring (bicyclic) bond motifs is 1. The van der Waals surface area contributed by atoms with E-state index in [1.165, 1.54) is 25.7 Å². The lowest BCUT2D eigenvalue weighted by molar-refractivity contribution is -0.115. The maximum Gasteiger partial charge on any atom is 0.237 e. The molecule has 1 saturated carbocycles. The highest BCUT2D eigenvalue weighted by Gasteiger charge is 2.41. The smallest absolute Gasteiger partial charge is 0.237 e. The largest absolute Gasteiger partial charge is 0.344 e. The van der Waals surface area contributed by atoms with Crippen LogP contribution in [0.25, 0.3) is 0 Å². The van der Waals surface area contributed by atoms with E-state index in [4.69, 9.17) is 15.7 Å². The Morgan fingerprint density at radius 2 is 2.19 bits per heavy atom. The van der Waals surface area contributed by atoms with Gasteiger partial charge in [-0.3, -0.25) is 15.2 Å². The van der Waals surface area contributed by atoms with Crippen LogP contribution in [0.15, 0.2) is 23.2 Å². The van der Waals surface area contributed by atoms with Crippen LogP contribution in [0.1, 0.15) is 42.7 Å². The highest BCUT2D eigenvalue weighted by atomic mass is 16.2. The molecule has 3 aliphatic rings. The second-order valence-electron chi connectivity index (χ2n) is 7.59. The first-order valence-electron chi connectivity index (χ1n) is 9.50. The van der Waals surface area contributed by atoms with Crippen molar-refractivity contribution in [2.45, 2.75) is 37.6 Å². The molecular formula is C20H24N6O. The van der Waals surface area contributed by atoms with E-state index in [0.29, 0.717) is 36.3 Å². The molecule has 4 rings (SSSR count). The average molecular weight is 364 g/mol. The van der Waals surface area contributed by atoms with Crippen LogP contribution < -0.4 is 10.6 Å². The van der Waals surface area contributed by atoms with E-state index in [9.17, 15) is 4.79 Å². The van der Waals surface area contributed by atoms with Crippen LogP contribution in [0.4, 0.5) is 5.69 Å². The van der Waals surface area contributed by atoms with Crippen molar-refractivity contribution >= 4 is 23.1 Å². The van der Waals surface area contributed by atoms with Gasteiger partial charge in [0.25, 0.3) is 0 Å². The Labute approximate surface area is 159 Å². The van der Waals surface area contributed by atoms with E-state index < -0.39 is 5.92 Å². The summed E-state index contributed by atoms with van der Waals surface area (Å²) < 4.78 is 0. The second-order valence-corrected chi connectivity index (χ2v) is 7.59. The van der Waals surface area contributed by atoms with Gasteiger partial charge in [0.2, 0.25) is 5.91 Å². The molecule has 1 fully saturated rings. The Balaban J connectivity index is 1.63. The van der Waals surface area contributed by atoms with Crippen molar-refractivity contribution in [1.29, 1.82) is 10.7 Å². The molecule has 1 amide bonds. The molecule has 0 bridgehead atoms. The highest BCUT2D eigenvalue weighted by Crippen LogP contribution is 2.37. The molecule has 1 aliphatic carbocycles. The number of nitrogens with zero attached hydrogens (tertiary/aromatic N) is 3. The summed E-state index contributed by atoms with van der Waals surface area (Å²) >= 11 is 0. The van der Waals surface area contributed by atoms with Crippen molar-refractivity contribution < 1.29 is 4.79 Å². The molecule has 1 unspecified atom stereocenters. The normalized spacial score (nSPS) is 25.2. The van der Waals surface area contributed by atoms with Crippen molar-refractivity contribution in [1.82, 2.24) is 10.2 Å². The van der Waals surface area contributed by atoms with E-state index in [0.717, 1.165) is 11.3 Å². The fraction of sp³-hybridized carbons (Fsp3) is 0.500. The van der Waals surface area contributed by atoms with Crippen LogP contribution >= 0.6 is 0 Å². The number of amidine groups is 1. The molecular weight excluding hydrogens is 340 g/mol. The van der Waals surface area contributed by atoms with Crippen molar-refractivity contribution in [3.05, 3.63) is 29.3 Å². The summed E-state index contributed by atoms with van der Waals surface area (Å²) in [4.78, 5) is 19.3. The van der Waals surface area contributed by atoms with Crippen molar-refractivity contribution in [3.8, 4) is 6.07 Å². The molecule has 0 aromatic heterocycles. The highest BCUT2D eigenvalue weighted by molar-refractivity contribution is 6.23. The van der Waals surface area contributed by atoms with Crippen LogP contribution in [0, 0.1) is 22.7 Å². The topological polar surface area (TPSA) is 104 Å². The van der Waals surface area contributed by atoms with Crippen LogP contribution in [0.2, 0.25) is 0 Å². The maximum atomic E-state index is 12.7. The molecule has 0 radical (unpaired) electrons. The summed E-state index contributed by atoms with van der Waals surface area (Å²) in [6.45, 7) is 1.02. The van der Waals surface area contributed by atoms with Crippen LogP contribution in [0.5, 0.6) is 0 Å². The second kappa shape index (κ2) is 7.12. The third kappa shape index (κ3) is 3.21. The zero-order chi connectivity index (χ0) is 19.0. The number of amides is 1. The van der Waals surface area contributed by atoms with Gasteiger partial charge >= 0.3 is 0 Å². The van der Waals surface area contributed by atoms with Gasteiger partial charge in [-0.2, -0.15) is 5.26 Å². The van der Waals surface area contributed by atoms with Crippen LogP contribution in [0.3, 0.4) is 0 Å². The fourth-order valence-electron chi connectivity index (χ4n) is 4.31. The van der Waals surface area contributed by atoms with Gasteiger partial charge in [-0.25, -0.2) is 0 Å². The number of hydrogen-bond acceptors (Lipinski definition) is 5. The van der Waals surface area contributed by atoms with Crippen molar-refractivity contribution in [3.63, 3.8) is 0 Å². The predicted molar refractivity (Wildman–Crippen MR) is 104 cm³/mol. The lowest BCUT2D eigenvalue weighted by Gasteiger charge is -2.34. The first kappa shape index (κ1) is 17.7. The Bertz CT molecular complexity index is 849. The summed E-state index contributed by atoms with van der Waals surface area (Å²) in [5.41, 5.74) is 2.80. The average Bonchev–Trinajstić information content (AvgIpc) is 3.29. The number of nitrogens with one attached hydrogen (secondary N) is 3.